The van der Waals surface area contributed by atoms with Gasteiger partial charge in [-0.3, -0.25) is 0 Å². The van der Waals surface area contributed by atoms with Crippen LogP contribution in [0.3, 0.4) is 0 Å². The zero-order chi connectivity index (χ0) is 22.5. The van der Waals surface area contributed by atoms with E-state index in [0.717, 1.165) is 12.0 Å². The third-order valence-electron chi connectivity index (χ3n) is 5.19. The lowest BCUT2D eigenvalue weighted by Crippen LogP contribution is -2.42. The van der Waals surface area contributed by atoms with E-state index in [-0.39, 0.29) is 17.2 Å². The highest BCUT2D eigenvalue weighted by molar-refractivity contribution is 6.74. The summed E-state index contributed by atoms with van der Waals surface area (Å²) < 4.78 is 11.7. The van der Waals surface area contributed by atoms with Crippen LogP contribution in [0.15, 0.2) is 24.3 Å². The van der Waals surface area contributed by atoms with Crippen LogP contribution in [0, 0.1) is 6.92 Å². The number of alkyl carbamates (subject to hydrolysis) is 1. The van der Waals surface area contributed by atoms with E-state index in [1.165, 1.54) is 11.1 Å². The molecule has 0 aromatic heterocycles. The Hall–Kier alpha value is -1.59. The summed E-state index contributed by atoms with van der Waals surface area (Å²) >= 11 is 0. The number of ether oxygens (including phenoxy) is 1. The molecular formula is C24H41NO3Si. The first-order chi connectivity index (χ1) is 13.1. The number of rotatable bonds is 7. The SMILES string of the molecule is Cc1ccc(/C=C/[C@H](C)O[Si](C)(C)C(C)(C)C)c(CCNC(=O)OC(C)(C)C)c1. The molecule has 4 nitrogen and oxygen atoms in total. The van der Waals surface area contributed by atoms with Crippen LogP contribution in [0.2, 0.25) is 18.1 Å². The Balaban J connectivity index is 2.78. The van der Waals surface area contributed by atoms with Crippen molar-refractivity contribution in [1.82, 2.24) is 5.32 Å². The fraction of sp³-hybridized carbons (Fsp3) is 0.625. The fourth-order valence-electron chi connectivity index (χ4n) is 2.65. The Morgan fingerprint density at radius 2 is 1.79 bits per heavy atom. The molecule has 5 heteroatoms. The zero-order valence-corrected chi connectivity index (χ0v) is 21.1. The van der Waals surface area contributed by atoms with Gasteiger partial charge in [0.1, 0.15) is 5.60 Å². The lowest BCUT2D eigenvalue weighted by Gasteiger charge is -2.37. The number of benzene rings is 1. The molecule has 0 bridgehead atoms. The second-order valence-electron chi connectivity index (χ2n) is 10.3. The minimum absolute atomic E-state index is 0.0601. The van der Waals surface area contributed by atoms with Gasteiger partial charge in [0.25, 0.3) is 0 Å². The summed E-state index contributed by atoms with van der Waals surface area (Å²) in [5, 5.41) is 3.03. The quantitative estimate of drug-likeness (QED) is 0.514. The topological polar surface area (TPSA) is 47.6 Å². The summed E-state index contributed by atoms with van der Waals surface area (Å²) in [5.74, 6) is 0. The molecule has 1 rings (SSSR count). The second kappa shape index (κ2) is 9.94. The van der Waals surface area contributed by atoms with Gasteiger partial charge >= 0.3 is 6.09 Å². The van der Waals surface area contributed by atoms with E-state index in [1.54, 1.807) is 0 Å². The molecule has 0 spiro atoms. The number of carbonyl (C=O) groups excluding carboxylic acids is 1. The average molecular weight is 420 g/mol. The smallest absolute Gasteiger partial charge is 0.407 e. The van der Waals surface area contributed by atoms with Crippen LogP contribution in [0.25, 0.3) is 6.08 Å². The molecule has 29 heavy (non-hydrogen) atoms. The van der Waals surface area contributed by atoms with E-state index in [0.29, 0.717) is 6.54 Å². The normalized spacial score (nSPS) is 14.1. The van der Waals surface area contributed by atoms with Crippen LogP contribution >= 0.6 is 0 Å². The number of hydrogen-bond acceptors (Lipinski definition) is 3. The monoisotopic (exact) mass is 419 g/mol. The minimum Gasteiger partial charge on any atom is -0.444 e. The van der Waals surface area contributed by atoms with Gasteiger partial charge in [-0.1, -0.05) is 56.7 Å². The highest BCUT2D eigenvalue weighted by atomic mass is 28.4. The molecule has 1 amide bonds. The van der Waals surface area contributed by atoms with E-state index in [4.69, 9.17) is 9.16 Å². The van der Waals surface area contributed by atoms with Gasteiger partial charge in [-0.25, -0.2) is 4.79 Å². The molecule has 0 fully saturated rings. The van der Waals surface area contributed by atoms with E-state index in [2.05, 4.69) is 83.4 Å². The molecule has 0 radical (unpaired) electrons. The fourth-order valence-corrected chi connectivity index (χ4v) is 4.01. The van der Waals surface area contributed by atoms with Gasteiger partial charge in [-0.2, -0.15) is 0 Å². The summed E-state index contributed by atoms with van der Waals surface area (Å²) in [5.41, 5.74) is 3.09. The first-order valence-corrected chi connectivity index (χ1v) is 13.4. The molecule has 0 saturated heterocycles. The molecule has 164 valence electrons. The van der Waals surface area contributed by atoms with Gasteiger partial charge in [0, 0.05) is 6.54 Å². The van der Waals surface area contributed by atoms with Crippen molar-refractivity contribution < 1.29 is 14.0 Å². The first kappa shape index (κ1) is 25.4. The minimum atomic E-state index is -1.79. The molecule has 0 saturated carbocycles. The van der Waals surface area contributed by atoms with Crippen LogP contribution in [0.4, 0.5) is 4.79 Å². The van der Waals surface area contributed by atoms with E-state index < -0.39 is 13.9 Å². The van der Waals surface area contributed by atoms with Crippen LogP contribution in [-0.4, -0.2) is 32.7 Å². The van der Waals surface area contributed by atoms with Crippen molar-refractivity contribution in [2.24, 2.45) is 0 Å². The molecule has 1 aromatic carbocycles. The lowest BCUT2D eigenvalue weighted by atomic mass is 10.0. The number of nitrogens with one attached hydrogen (secondary N) is 1. The van der Waals surface area contributed by atoms with Crippen molar-refractivity contribution in [3.63, 3.8) is 0 Å². The summed E-state index contributed by atoms with van der Waals surface area (Å²) in [6, 6.07) is 6.42. The maximum absolute atomic E-state index is 11.9. The predicted octanol–water partition coefficient (Wildman–Crippen LogP) is 6.49. The number of aryl methyl sites for hydroxylation is 1. The molecule has 0 heterocycles. The maximum atomic E-state index is 11.9. The van der Waals surface area contributed by atoms with Crippen molar-refractivity contribution in [2.75, 3.05) is 6.54 Å². The van der Waals surface area contributed by atoms with Crippen molar-refractivity contribution in [3.8, 4) is 0 Å². The summed E-state index contributed by atoms with van der Waals surface area (Å²) in [6.45, 7) is 21.6. The summed E-state index contributed by atoms with van der Waals surface area (Å²) in [6.07, 6.45) is 4.71. The Labute approximate surface area is 179 Å². The maximum Gasteiger partial charge on any atom is 0.407 e. The molecule has 0 aliphatic heterocycles. The van der Waals surface area contributed by atoms with Gasteiger partial charge in [0.15, 0.2) is 8.32 Å². The van der Waals surface area contributed by atoms with Crippen LogP contribution in [-0.2, 0) is 15.6 Å². The average Bonchev–Trinajstić information content (AvgIpc) is 2.50. The highest BCUT2D eigenvalue weighted by Crippen LogP contribution is 2.37. The van der Waals surface area contributed by atoms with Crippen LogP contribution < -0.4 is 5.32 Å². The van der Waals surface area contributed by atoms with Gasteiger partial charge in [-0.05, 0) is 70.3 Å². The van der Waals surface area contributed by atoms with Gasteiger partial charge < -0.3 is 14.5 Å². The molecule has 0 aliphatic carbocycles. The Morgan fingerprint density at radius 3 is 2.34 bits per heavy atom. The Kier molecular flexibility index (Phi) is 8.72. The van der Waals surface area contributed by atoms with E-state index in [1.807, 2.05) is 20.8 Å². The van der Waals surface area contributed by atoms with Crippen molar-refractivity contribution in [1.29, 1.82) is 0 Å². The first-order valence-electron chi connectivity index (χ1n) is 10.5. The highest BCUT2D eigenvalue weighted by Gasteiger charge is 2.38. The molecule has 0 aliphatic rings. The van der Waals surface area contributed by atoms with Crippen molar-refractivity contribution in [2.45, 2.75) is 91.6 Å². The largest absolute Gasteiger partial charge is 0.444 e. The Morgan fingerprint density at radius 1 is 1.17 bits per heavy atom. The van der Waals surface area contributed by atoms with E-state index in [9.17, 15) is 4.79 Å². The second-order valence-corrected chi connectivity index (χ2v) is 15.1. The predicted molar refractivity (Wildman–Crippen MR) is 126 cm³/mol. The zero-order valence-electron chi connectivity index (χ0n) is 20.1. The van der Waals surface area contributed by atoms with Gasteiger partial charge in [0.05, 0.1) is 6.10 Å². The molecule has 1 atom stereocenters. The molecule has 1 N–H and O–H groups in total. The van der Waals surface area contributed by atoms with Crippen molar-refractivity contribution in [3.05, 3.63) is 41.0 Å². The summed E-state index contributed by atoms with van der Waals surface area (Å²) in [4.78, 5) is 11.9. The molecule has 0 unspecified atom stereocenters. The third kappa shape index (κ3) is 9.17. The third-order valence-corrected chi connectivity index (χ3v) is 9.77. The molecular weight excluding hydrogens is 378 g/mol. The van der Waals surface area contributed by atoms with E-state index >= 15 is 0 Å². The number of amides is 1. The summed E-state index contributed by atoms with van der Waals surface area (Å²) in [7, 11) is -1.79. The van der Waals surface area contributed by atoms with Gasteiger partial charge in [-0.15, -0.1) is 0 Å². The van der Waals surface area contributed by atoms with Crippen LogP contribution in [0.1, 0.15) is 65.2 Å². The lowest BCUT2D eigenvalue weighted by molar-refractivity contribution is 0.0528. The van der Waals surface area contributed by atoms with Crippen LogP contribution in [0.5, 0.6) is 0 Å². The number of carbonyl (C=O) groups is 1. The standard InChI is InChI=1S/C24H41NO3Si/c1-18-11-13-20(14-12-19(2)28-29(9,10)24(6,7)8)21(17-18)15-16-25-22(26)27-23(3,4)5/h11-14,17,19H,15-16H2,1-10H3,(H,25,26)/b14-12+/t19-/m0/s1. The Bertz CT molecular complexity index is 712. The van der Waals surface area contributed by atoms with Crippen molar-refractivity contribution >= 4 is 20.5 Å². The molecule has 1 aromatic rings. The number of hydrogen-bond donors (Lipinski definition) is 1. The van der Waals surface area contributed by atoms with Gasteiger partial charge in [0.2, 0.25) is 0 Å².